The summed E-state index contributed by atoms with van der Waals surface area (Å²) < 4.78 is 6.00. The van der Waals surface area contributed by atoms with Gasteiger partial charge in [-0.05, 0) is 49.3 Å². The van der Waals surface area contributed by atoms with Crippen LogP contribution in [0, 0.1) is 12.8 Å². The van der Waals surface area contributed by atoms with E-state index >= 15 is 0 Å². The second-order valence-electron chi connectivity index (χ2n) is 10.5. The Bertz CT molecular complexity index is 1190. The second-order valence-corrected chi connectivity index (χ2v) is 10.5. The van der Waals surface area contributed by atoms with Gasteiger partial charge in [-0.3, -0.25) is 4.79 Å². The number of rotatable bonds is 3. The van der Waals surface area contributed by atoms with E-state index in [1.54, 1.807) is 0 Å². The third-order valence-electron chi connectivity index (χ3n) is 8.60. The van der Waals surface area contributed by atoms with Gasteiger partial charge in [-0.1, -0.05) is 78.4 Å². The molecule has 4 atom stereocenters. The van der Waals surface area contributed by atoms with Crippen molar-refractivity contribution in [3.05, 3.63) is 101 Å². The molecule has 35 heavy (non-hydrogen) atoms. The molecule has 3 aromatic rings. The van der Waals surface area contributed by atoms with E-state index in [-0.39, 0.29) is 17.4 Å². The summed E-state index contributed by atoms with van der Waals surface area (Å²) in [5.74, 6) is 1.63. The molecule has 0 bridgehead atoms. The summed E-state index contributed by atoms with van der Waals surface area (Å²) in [5, 5.41) is 3.59. The van der Waals surface area contributed by atoms with Gasteiger partial charge in [-0.25, -0.2) is 0 Å². The van der Waals surface area contributed by atoms with Crippen molar-refractivity contribution in [1.29, 1.82) is 0 Å². The van der Waals surface area contributed by atoms with Crippen LogP contribution in [0.3, 0.4) is 0 Å². The van der Waals surface area contributed by atoms with Crippen LogP contribution in [0.25, 0.3) is 0 Å². The number of hydrogen-bond donors (Lipinski definition) is 1. The second kappa shape index (κ2) is 9.16. The average molecular weight is 467 g/mol. The molecule has 3 aliphatic heterocycles. The Balaban J connectivity index is 1.34. The summed E-state index contributed by atoms with van der Waals surface area (Å²) >= 11 is 0. The smallest absolute Gasteiger partial charge is 0.228 e. The minimum Gasteiger partial charge on any atom is -0.493 e. The maximum absolute atomic E-state index is 14.4. The Labute approximate surface area is 208 Å². The molecular formula is C31H34N2O2. The lowest BCUT2D eigenvalue weighted by Gasteiger charge is -2.45. The molecule has 3 aromatic carbocycles. The van der Waals surface area contributed by atoms with Gasteiger partial charge in [0.25, 0.3) is 0 Å². The first-order chi connectivity index (χ1) is 17.2. The van der Waals surface area contributed by atoms with Crippen LogP contribution in [0.2, 0.25) is 0 Å². The number of benzene rings is 3. The fraction of sp³-hybridized carbons (Fsp3) is 0.387. The molecule has 4 nitrogen and oxygen atoms in total. The van der Waals surface area contributed by atoms with E-state index in [0.29, 0.717) is 18.4 Å². The molecule has 0 aromatic heterocycles. The zero-order chi connectivity index (χ0) is 23.8. The van der Waals surface area contributed by atoms with Crippen LogP contribution in [0.5, 0.6) is 5.75 Å². The van der Waals surface area contributed by atoms with Gasteiger partial charge in [0, 0.05) is 30.6 Å². The number of nitrogens with zero attached hydrogens (tertiary/aromatic N) is 1. The number of amides is 1. The monoisotopic (exact) mass is 466 g/mol. The minimum absolute atomic E-state index is 0.0752. The lowest BCUT2D eigenvalue weighted by Crippen LogP contribution is -2.50. The summed E-state index contributed by atoms with van der Waals surface area (Å²) in [6.07, 6.45) is 2.85. The zero-order valence-corrected chi connectivity index (χ0v) is 20.5. The van der Waals surface area contributed by atoms with Gasteiger partial charge >= 0.3 is 0 Å². The molecule has 6 rings (SSSR count). The zero-order valence-electron chi connectivity index (χ0n) is 20.5. The number of ether oxygens (including phenoxy) is 1. The molecule has 0 aliphatic carbocycles. The third-order valence-corrected chi connectivity index (χ3v) is 8.60. The van der Waals surface area contributed by atoms with Gasteiger partial charge in [0.2, 0.25) is 5.91 Å². The van der Waals surface area contributed by atoms with Crippen molar-refractivity contribution < 1.29 is 9.53 Å². The van der Waals surface area contributed by atoms with Crippen molar-refractivity contribution in [2.45, 2.75) is 43.6 Å². The minimum atomic E-state index is -0.194. The fourth-order valence-corrected chi connectivity index (χ4v) is 6.67. The lowest BCUT2D eigenvalue weighted by atomic mass is 9.68. The van der Waals surface area contributed by atoms with Gasteiger partial charge in [-0.2, -0.15) is 0 Å². The van der Waals surface area contributed by atoms with Crippen molar-refractivity contribution in [3.63, 3.8) is 0 Å². The lowest BCUT2D eigenvalue weighted by molar-refractivity contribution is -0.141. The number of carbonyl (C=O) groups is 1. The van der Waals surface area contributed by atoms with Crippen LogP contribution in [0.4, 0.5) is 0 Å². The number of fused-ring (bicyclic) bond motifs is 2. The molecule has 2 fully saturated rings. The largest absolute Gasteiger partial charge is 0.493 e. The fourth-order valence-electron chi connectivity index (χ4n) is 6.67. The van der Waals surface area contributed by atoms with Gasteiger partial charge < -0.3 is 15.0 Å². The molecule has 0 saturated carbocycles. The molecular weight excluding hydrogens is 432 g/mol. The van der Waals surface area contributed by atoms with E-state index in [0.717, 1.165) is 44.6 Å². The van der Waals surface area contributed by atoms with E-state index in [1.807, 2.05) is 6.07 Å². The predicted molar refractivity (Wildman–Crippen MR) is 139 cm³/mol. The molecule has 3 aliphatic rings. The summed E-state index contributed by atoms with van der Waals surface area (Å²) in [4.78, 5) is 16.6. The normalized spacial score (nSPS) is 27.9. The van der Waals surface area contributed by atoms with Crippen LogP contribution in [-0.2, 0) is 10.2 Å². The van der Waals surface area contributed by atoms with E-state index < -0.39 is 0 Å². The van der Waals surface area contributed by atoms with Crippen LogP contribution in [-0.4, -0.2) is 37.0 Å². The van der Waals surface area contributed by atoms with E-state index in [4.69, 9.17) is 4.74 Å². The Kier molecular flexibility index (Phi) is 5.85. The molecule has 1 spiro atoms. The molecule has 2 saturated heterocycles. The molecule has 1 amide bonds. The highest BCUT2D eigenvalue weighted by Crippen LogP contribution is 2.48. The quantitative estimate of drug-likeness (QED) is 0.563. The Morgan fingerprint density at radius 1 is 0.971 bits per heavy atom. The third kappa shape index (κ3) is 3.94. The number of carbonyl (C=O) groups excluding carboxylic acids is 1. The molecule has 4 heteroatoms. The summed E-state index contributed by atoms with van der Waals surface area (Å²) in [6.45, 7) is 5.14. The van der Waals surface area contributed by atoms with Gasteiger partial charge in [0.1, 0.15) is 5.75 Å². The van der Waals surface area contributed by atoms with Crippen molar-refractivity contribution >= 4 is 5.91 Å². The Morgan fingerprint density at radius 3 is 2.57 bits per heavy atom. The highest BCUT2D eigenvalue weighted by atomic mass is 16.5. The maximum atomic E-state index is 14.4. The van der Waals surface area contributed by atoms with Crippen LogP contribution in [0.15, 0.2) is 78.9 Å². The van der Waals surface area contributed by atoms with Gasteiger partial charge in [0.15, 0.2) is 0 Å². The highest BCUT2D eigenvalue weighted by Gasteiger charge is 2.52. The predicted octanol–water partition coefficient (Wildman–Crippen LogP) is 5.38. The summed E-state index contributed by atoms with van der Waals surface area (Å²) in [5.41, 5.74) is 4.88. The summed E-state index contributed by atoms with van der Waals surface area (Å²) in [6, 6.07) is 28.0. The van der Waals surface area contributed by atoms with Crippen LogP contribution >= 0.6 is 0 Å². The van der Waals surface area contributed by atoms with Crippen molar-refractivity contribution in [1.82, 2.24) is 10.2 Å². The van der Waals surface area contributed by atoms with Crippen LogP contribution in [0.1, 0.15) is 53.5 Å². The van der Waals surface area contributed by atoms with Crippen molar-refractivity contribution in [2.75, 3.05) is 26.2 Å². The van der Waals surface area contributed by atoms with Crippen molar-refractivity contribution in [3.8, 4) is 5.75 Å². The highest BCUT2D eigenvalue weighted by molar-refractivity contribution is 5.82. The number of aryl methyl sites for hydroxylation is 1. The van der Waals surface area contributed by atoms with E-state index in [9.17, 15) is 4.79 Å². The number of hydrogen-bond acceptors (Lipinski definition) is 3. The van der Waals surface area contributed by atoms with Crippen molar-refractivity contribution in [2.24, 2.45) is 5.92 Å². The first-order valence-corrected chi connectivity index (χ1v) is 13.0. The standard InChI is InChI=1S/C31H34N2O2/c1-22-11-13-24(14-12-22)28-19-25(23-7-3-2-4-8-23)15-17-33(28)30(34)27-20-32-21-31(27)16-18-35-29-10-6-5-9-26(29)31/h2-14,25,27-28,32H,15-21H2,1H3. The molecule has 4 unspecified atom stereocenters. The first kappa shape index (κ1) is 22.4. The number of para-hydroxylation sites is 1. The average Bonchev–Trinajstić information content (AvgIpc) is 3.33. The Hall–Kier alpha value is -3.11. The topological polar surface area (TPSA) is 41.6 Å². The van der Waals surface area contributed by atoms with Gasteiger partial charge in [0.05, 0.1) is 18.6 Å². The first-order valence-electron chi connectivity index (χ1n) is 13.0. The maximum Gasteiger partial charge on any atom is 0.228 e. The Morgan fingerprint density at radius 2 is 1.74 bits per heavy atom. The molecule has 180 valence electrons. The number of piperidine rings is 1. The SMILES string of the molecule is Cc1ccc(C2CC(c3ccccc3)CCN2C(=O)C2CNCC23CCOc2ccccc23)cc1. The van der Waals surface area contributed by atoms with Gasteiger partial charge in [-0.15, -0.1) is 0 Å². The number of likely N-dealkylation sites (tertiary alicyclic amines) is 1. The summed E-state index contributed by atoms with van der Waals surface area (Å²) in [7, 11) is 0. The number of nitrogens with one attached hydrogen (secondary N) is 1. The van der Waals surface area contributed by atoms with E-state index in [2.05, 4.69) is 89.9 Å². The molecule has 3 heterocycles. The van der Waals surface area contributed by atoms with E-state index in [1.165, 1.54) is 22.3 Å². The molecule has 1 N–H and O–H groups in total. The van der Waals surface area contributed by atoms with Crippen LogP contribution < -0.4 is 10.1 Å². The molecule has 0 radical (unpaired) electrons.